The SMILES string of the molecule is C[C@H]1CCCCN1Cc1ccc(-c2nc(CCn3cccn3)cc(=O)[nH]2)cc1. The molecule has 3 aromatic rings. The van der Waals surface area contributed by atoms with E-state index in [0.717, 1.165) is 17.8 Å². The van der Waals surface area contributed by atoms with Crippen LogP contribution in [0.15, 0.2) is 53.6 Å². The fraction of sp³-hybridized carbons (Fsp3) is 0.409. The zero-order chi connectivity index (χ0) is 19.3. The second-order valence-electron chi connectivity index (χ2n) is 7.62. The van der Waals surface area contributed by atoms with Crippen LogP contribution in [0.2, 0.25) is 0 Å². The van der Waals surface area contributed by atoms with Crippen LogP contribution in [-0.4, -0.2) is 37.2 Å². The number of nitrogens with one attached hydrogen (secondary N) is 1. The van der Waals surface area contributed by atoms with E-state index in [4.69, 9.17) is 0 Å². The third kappa shape index (κ3) is 4.57. The minimum Gasteiger partial charge on any atom is -0.307 e. The summed E-state index contributed by atoms with van der Waals surface area (Å²) < 4.78 is 1.85. The first-order chi connectivity index (χ1) is 13.7. The van der Waals surface area contributed by atoms with Crippen LogP contribution in [0.5, 0.6) is 0 Å². The Morgan fingerprint density at radius 1 is 1.21 bits per heavy atom. The molecule has 1 aliphatic heterocycles. The molecule has 1 atom stereocenters. The Morgan fingerprint density at radius 2 is 2.07 bits per heavy atom. The molecular weight excluding hydrogens is 350 g/mol. The molecule has 0 bridgehead atoms. The third-order valence-electron chi connectivity index (χ3n) is 5.50. The predicted octanol–water partition coefficient (Wildman–Crippen LogP) is 3.25. The molecular formula is C22H27N5O. The van der Waals surface area contributed by atoms with Crippen molar-refractivity contribution in [1.29, 1.82) is 0 Å². The first-order valence-electron chi connectivity index (χ1n) is 10.1. The monoisotopic (exact) mass is 377 g/mol. The highest BCUT2D eigenvalue weighted by atomic mass is 16.1. The number of hydrogen-bond donors (Lipinski definition) is 1. The number of aromatic nitrogens is 4. The standard InChI is InChI=1S/C22H27N5O/c1-17-5-2-3-12-26(17)16-18-6-8-19(9-7-18)22-24-20(15-21(28)25-22)10-14-27-13-4-11-23-27/h4,6-9,11,13,15,17H,2-3,5,10,12,14,16H2,1H3,(H,24,25,28)/t17-/m0/s1. The smallest absolute Gasteiger partial charge is 0.251 e. The quantitative estimate of drug-likeness (QED) is 0.716. The van der Waals surface area contributed by atoms with Crippen LogP contribution in [-0.2, 0) is 19.5 Å². The molecule has 1 aliphatic rings. The van der Waals surface area contributed by atoms with E-state index in [-0.39, 0.29) is 5.56 Å². The van der Waals surface area contributed by atoms with E-state index in [1.165, 1.54) is 31.4 Å². The van der Waals surface area contributed by atoms with Crippen molar-refractivity contribution in [3.8, 4) is 11.4 Å². The van der Waals surface area contributed by atoms with Gasteiger partial charge in [-0.1, -0.05) is 30.7 Å². The predicted molar refractivity (Wildman–Crippen MR) is 110 cm³/mol. The van der Waals surface area contributed by atoms with Gasteiger partial charge in [-0.15, -0.1) is 0 Å². The number of likely N-dealkylation sites (tertiary alicyclic amines) is 1. The zero-order valence-electron chi connectivity index (χ0n) is 16.3. The van der Waals surface area contributed by atoms with Gasteiger partial charge in [-0.3, -0.25) is 14.4 Å². The van der Waals surface area contributed by atoms with Crippen LogP contribution in [0.25, 0.3) is 11.4 Å². The number of H-pyrrole nitrogens is 1. The summed E-state index contributed by atoms with van der Waals surface area (Å²) in [7, 11) is 0. The number of hydrogen-bond acceptors (Lipinski definition) is 4. The number of nitrogens with zero attached hydrogens (tertiary/aromatic N) is 4. The first-order valence-corrected chi connectivity index (χ1v) is 10.1. The molecule has 6 nitrogen and oxygen atoms in total. The fourth-order valence-corrected chi connectivity index (χ4v) is 3.83. The first kappa shape index (κ1) is 18.6. The molecule has 1 N–H and O–H groups in total. The lowest BCUT2D eigenvalue weighted by Crippen LogP contribution is -2.36. The Balaban J connectivity index is 1.46. The molecule has 0 radical (unpaired) electrons. The normalized spacial score (nSPS) is 17.7. The van der Waals surface area contributed by atoms with E-state index in [1.54, 1.807) is 12.3 Å². The number of aryl methyl sites for hydroxylation is 2. The van der Waals surface area contributed by atoms with E-state index in [1.807, 2.05) is 16.9 Å². The van der Waals surface area contributed by atoms with Gasteiger partial charge in [0.15, 0.2) is 0 Å². The Kier molecular flexibility index (Phi) is 5.67. The lowest BCUT2D eigenvalue weighted by Gasteiger charge is -2.33. The number of rotatable bonds is 6. The number of piperidine rings is 1. The minimum absolute atomic E-state index is 0.119. The van der Waals surface area contributed by atoms with E-state index < -0.39 is 0 Å². The summed E-state index contributed by atoms with van der Waals surface area (Å²) in [4.78, 5) is 22.2. The van der Waals surface area contributed by atoms with Gasteiger partial charge in [0.05, 0.1) is 5.69 Å². The van der Waals surface area contributed by atoms with Gasteiger partial charge in [0, 0.05) is 49.6 Å². The lowest BCUT2D eigenvalue weighted by molar-refractivity contribution is 0.152. The molecule has 2 aromatic heterocycles. The van der Waals surface area contributed by atoms with Crippen molar-refractivity contribution in [2.75, 3.05) is 6.54 Å². The molecule has 4 rings (SSSR count). The Bertz CT molecular complexity index is 946. The summed E-state index contributed by atoms with van der Waals surface area (Å²) in [6.45, 7) is 5.18. The van der Waals surface area contributed by atoms with Gasteiger partial charge in [-0.25, -0.2) is 4.98 Å². The van der Waals surface area contributed by atoms with Gasteiger partial charge in [-0.2, -0.15) is 5.10 Å². The summed E-state index contributed by atoms with van der Waals surface area (Å²) in [6, 6.07) is 12.5. The maximum absolute atomic E-state index is 12.1. The fourth-order valence-electron chi connectivity index (χ4n) is 3.83. The summed E-state index contributed by atoms with van der Waals surface area (Å²) in [5.41, 5.74) is 2.90. The molecule has 1 fully saturated rings. The third-order valence-corrected chi connectivity index (χ3v) is 5.50. The van der Waals surface area contributed by atoms with Crippen LogP contribution in [0.1, 0.15) is 37.4 Å². The molecule has 1 aromatic carbocycles. The molecule has 0 saturated carbocycles. The van der Waals surface area contributed by atoms with Crippen molar-refractivity contribution < 1.29 is 0 Å². The van der Waals surface area contributed by atoms with Gasteiger partial charge in [0.2, 0.25) is 0 Å². The van der Waals surface area contributed by atoms with Crippen molar-refractivity contribution >= 4 is 0 Å². The zero-order valence-corrected chi connectivity index (χ0v) is 16.3. The van der Waals surface area contributed by atoms with Crippen LogP contribution in [0.3, 0.4) is 0 Å². The Hall–Kier alpha value is -2.73. The van der Waals surface area contributed by atoms with Crippen LogP contribution < -0.4 is 5.56 Å². The van der Waals surface area contributed by atoms with E-state index >= 15 is 0 Å². The van der Waals surface area contributed by atoms with Gasteiger partial charge in [0.25, 0.3) is 5.56 Å². The lowest BCUT2D eigenvalue weighted by atomic mass is 10.0. The van der Waals surface area contributed by atoms with Gasteiger partial charge >= 0.3 is 0 Å². The van der Waals surface area contributed by atoms with Crippen LogP contribution >= 0.6 is 0 Å². The highest BCUT2D eigenvalue weighted by Crippen LogP contribution is 2.21. The molecule has 6 heteroatoms. The van der Waals surface area contributed by atoms with Gasteiger partial charge in [-0.05, 0) is 37.9 Å². The maximum Gasteiger partial charge on any atom is 0.251 e. The summed E-state index contributed by atoms with van der Waals surface area (Å²) in [5, 5.41) is 4.20. The molecule has 1 saturated heterocycles. The summed E-state index contributed by atoms with van der Waals surface area (Å²) >= 11 is 0. The van der Waals surface area contributed by atoms with Crippen LogP contribution in [0.4, 0.5) is 0 Å². The van der Waals surface area contributed by atoms with Gasteiger partial charge < -0.3 is 4.98 Å². The summed E-state index contributed by atoms with van der Waals surface area (Å²) in [6.07, 6.45) is 8.25. The van der Waals surface area contributed by atoms with Crippen molar-refractivity contribution in [2.24, 2.45) is 0 Å². The molecule has 0 amide bonds. The molecule has 0 unspecified atom stereocenters. The molecule has 146 valence electrons. The van der Waals surface area contributed by atoms with E-state index in [0.29, 0.717) is 24.8 Å². The summed E-state index contributed by atoms with van der Waals surface area (Å²) in [5.74, 6) is 0.626. The van der Waals surface area contributed by atoms with E-state index in [2.05, 4.69) is 51.2 Å². The second kappa shape index (κ2) is 8.52. The van der Waals surface area contributed by atoms with Crippen molar-refractivity contribution in [3.05, 3.63) is 70.4 Å². The van der Waals surface area contributed by atoms with Crippen molar-refractivity contribution in [3.63, 3.8) is 0 Å². The topological polar surface area (TPSA) is 66.8 Å². The van der Waals surface area contributed by atoms with Crippen molar-refractivity contribution in [2.45, 2.75) is 51.7 Å². The molecule has 0 aliphatic carbocycles. The van der Waals surface area contributed by atoms with Crippen LogP contribution in [0, 0.1) is 0 Å². The molecule has 3 heterocycles. The average molecular weight is 377 g/mol. The van der Waals surface area contributed by atoms with E-state index in [9.17, 15) is 4.79 Å². The van der Waals surface area contributed by atoms with Gasteiger partial charge in [0.1, 0.15) is 5.82 Å². The number of aromatic amines is 1. The molecule has 0 spiro atoms. The van der Waals surface area contributed by atoms with Crippen molar-refractivity contribution in [1.82, 2.24) is 24.6 Å². The highest BCUT2D eigenvalue weighted by Gasteiger charge is 2.18. The highest BCUT2D eigenvalue weighted by molar-refractivity contribution is 5.55. The Labute approximate surface area is 165 Å². The molecule has 28 heavy (non-hydrogen) atoms. The Morgan fingerprint density at radius 3 is 2.82 bits per heavy atom. The minimum atomic E-state index is -0.119. The maximum atomic E-state index is 12.1. The average Bonchev–Trinajstić information content (AvgIpc) is 3.22. The largest absolute Gasteiger partial charge is 0.307 e. The second-order valence-corrected chi connectivity index (χ2v) is 7.62. The number of benzene rings is 1.